The standard InChI is InChI=1S/C25H32N4O4Si/c1-5-32-25(30)23-17-29-16-21(10-11-24(29)28-23)33-20-8-6-19(7-9-20)22(12-13-26)27-18-31-14-15-34(2,3)4/h6-11,13,16-17,26H,5,12,14-15,18H2,1-4H3. The van der Waals surface area contributed by atoms with Crippen LogP contribution in [0.5, 0.6) is 11.5 Å². The predicted molar refractivity (Wildman–Crippen MR) is 137 cm³/mol. The van der Waals surface area contributed by atoms with Gasteiger partial charge in [0.2, 0.25) is 0 Å². The van der Waals surface area contributed by atoms with Crippen LogP contribution >= 0.6 is 0 Å². The van der Waals surface area contributed by atoms with Crippen molar-refractivity contribution >= 4 is 31.6 Å². The van der Waals surface area contributed by atoms with Crippen LogP contribution in [0, 0.1) is 5.41 Å². The van der Waals surface area contributed by atoms with Gasteiger partial charge in [-0.15, -0.1) is 0 Å². The van der Waals surface area contributed by atoms with Crippen LogP contribution in [0.15, 0.2) is 53.8 Å². The van der Waals surface area contributed by atoms with Gasteiger partial charge >= 0.3 is 5.97 Å². The van der Waals surface area contributed by atoms with Crippen LogP contribution < -0.4 is 4.74 Å². The first-order valence-corrected chi connectivity index (χ1v) is 15.0. The zero-order valence-electron chi connectivity index (χ0n) is 20.2. The van der Waals surface area contributed by atoms with E-state index >= 15 is 0 Å². The highest BCUT2D eigenvalue weighted by atomic mass is 28.3. The number of aliphatic imine (C=N–C) groups is 1. The first-order valence-electron chi connectivity index (χ1n) is 11.3. The van der Waals surface area contributed by atoms with Gasteiger partial charge in [-0.05, 0) is 54.9 Å². The molecule has 0 saturated carbocycles. The SMILES string of the molecule is CCOC(=O)c1cn2cc(Oc3ccc(C(CC=N)=NCOCC[Si](C)(C)C)cc3)ccc2n1. The summed E-state index contributed by atoms with van der Waals surface area (Å²) in [5.41, 5.74) is 2.62. The molecule has 0 bridgehead atoms. The smallest absolute Gasteiger partial charge is 0.358 e. The van der Waals surface area contributed by atoms with Gasteiger partial charge in [-0.1, -0.05) is 19.6 Å². The summed E-state index contributed by atoms with van der Waals surface area (Å²) in [6.07, 6.45) is 5.17. The predicted octanol–water partition coefficient (Wildman–Crippen LogP) is 5.44. The molecule has 0 atom stereocenters. The number of hydrogen-bond acceptors (Lipinski definition) is 7. The highest BCUT2D eigenvalue weighted by molar-refractivity contribution is 6.76. The highest BCUT2D eigenvalue weighted by Gasteiger charge is 2.13. The molecule has 1 N–H and O–H groups in total. The second kappa shape index (κ2) is 11.7. The number of esters is 1. The molecule has 3 aromatic rings. The summed E-state index contributed by atoms with van der Waals surface area (Å²) in [6.45, 7) is 10.0. The van der Waals surface area contributed by atoms with Crippen LogP contribution in [-0.4, -0.2) is 55.3 Å². The summed E-state index contributed by atoms with van der Waals surface area (Å²) in [4.78, 5) is 20.7. The molecule has 180 valence electrons. The number of rotatable bonds is 12. The molecule has 0 radical (unpaired) electrons. The highest BCUT2D eigenvalue weighted by Crippen LogP contribution is 2.23. The maximum absolute atomic E-state index is 11.9. The molecule has 0 saturated heterocycles. The summed E-state index contributed by atoms with van der Waals surface area (Å²) in [5, 5.41) is 7.49. The number of nitrogens with one attached hydrogen (secondary N) is 1. The van der Waals surface area contributed by atoms with Gasteiger partial charge in [0.15, 0.2) is 5.69 Å². The molecular formula is C25H32N4O4Si. The van der Waals surface area contributed by atoms with E-state index in [0.29, 0.717) is 43.5 Å². The van der Waals surface area contributed by atoms with E-state index in [2.05, 4.69) is 29.6 Å². The van der Waals surface area contributed by atoms with Crippen molar-refractivity contribution in [1.29, 1.82) is 5.41 Å². The molecule has 1 aromatic carbocycles. The summed E-state index contributed by atoms with van der Waals surface area (Å²) in [5.74, 6) is 0.819. The van der Waals surface area contributed by atoms with Gasteiger partial charge in [0.05, 0.1) is 18.5 Å². The Kier molecular flexibility index (Phi) is 8.72. The lowest BCUT2D eigenvalue weighted by Gasteiger charge is -2.14. The molecule has 0 fully saturated rings. The molecule has 0 aliphatic rings. The van der Waals surface area contributed by atoms with Crippen LogP contribution in [0.1, 0.15) is 29.4 Å². The Morgan fingerprint density at radius 3 is 2.53 bits per heavy atom. The number of ether oxygens (including phenoxy) is 3. The summed E-state index contributed by atoms with van der Waals surface area (Å²) < 4.78 is 18.4. The average Bonchev–Trinajstić information content (AvgIpc) is 3.22. The summed E-state index contributed by atoms with van der Waals surface area (Å²) >= 11 is 0. The van der Waals surface area contributed by atoms with E-state index < -0.39 is 14.0 Å². The zero-order valence-corrected chi connectivity index (χ0v) is 21.2. The Morgan fingerprint density at radius 1 is 1.12 bits per heavy atom. The molecular weight excluding hydrogens is 448 g/mol. The minimum absolute atomic E-state index is 0.255. The monoisotopic (exact) mass is 480 g/mol. The van der Waals surface area contributed by atoms with E-state index in [1.165, 1.54) is 6.21 Å². The second-order valence-corrected chi connectivity index (χ2v) is 14.6. The first-order chi connectivity index (χ1) is 16.3. The van der Waals surface area contributed by atoms with Gasteiger partial charge in [0.25, 0.3) is 0 Å². The number of aromatic nitrogens is 2. The Bertz CT molecular complexity index is 1150. The van der Waals surface area contributed by atoms with Gasteiger partial charge in [-0.25, -0.2) is 9.78 Å². The first kappa shape index (κ1) is 25.3. The topological polar surface area (TPSA) is 98.3 Å². The van der Waals surface area contributed by atoms with Crippen LogP contribution in [0.3, 0.4) is 0 Å². The van der Waals surface area contributed by atoms with E-state index in [-0.39, 0.29) is 5.69 Å². The molecule has 0 amide bonds. The number of pyridine rings is 1. The number of benzene rings is 1. The van der Waals surface area contributed by atoms with E-state index in [4.69, 9.17) is 19.6 Å². The van der Waals surface area contributed by atoms with E-state index in [1.54, 1.807) is 35.9 Å². The zero-order chi connectivity index (χ0) is 24.6. The minimum atomic E-state index is -1.12. The lowest BCUT2D eigenvalue weighted by molar-refractivity contribution is 0.0520. The molecule has 2 heterocycles. The lowest BCUT2D eigenvalue weighted by atomic mass is 10.1. The van der Waals surface area contributed by atoms with E-state index in [1.807, 2.05) is 24.3 Å². The van der Waals surface area contributed by atoms with Crippen molar-refractivity contribution in [2.45, 2.75) is 39.0 Å². The summed E-state index contributed by atoms with van der Waals surface area (Å²) in [6, 6.07) is 12.3. The Morgan fingerprint density at radius 2 is 1.85 bits per heavy atom. The van der Waals surface area contributed by atoms with Crippen molar-refractivity contribution in [3.8, 4) is 11.5 Å². The van der Waals surface area contributed by atoms with Crippen LogP contribution in [0.4, 0.5) is 0 Å². The van der Waals surface area contributed by atoms with E-state index in [9.17, 15) is 4.79 Å². The third-order valence-electron chi connectivity index (χ3n) is 4.97. The molecule has 0 unspecified atom stereocenters. The quantitative estimate of drug-likeness (QED) is 0.161. The van der Waals surface area contributed by atoms with Crippen molar-refractivity contribution in [2.24, 2.45) is 4.99 Å². The Balaban J connectivity index is 1.65. The van der Waals surface area contributed by atoms with Gasteiger partial charge in [-0.2, -0.15) is 0 Å². The Hall–Kier alpha value is -3.30. The van der Waals surface area contributed by atoms with Gasteiger partial charge < -0.3 is 24.0 Å². The van der Waals surface area contributed by atoms with Crippen LogP contribution in [0.25, 0.3) is 5.65 Å². The Labute approximate surface area is 201 Å². The van der Waals surface area contributed by atoms with Gasteiger partial charge in [0, 0.05) is 33.5 Å². The maximum Gasteiger partial charge on any atom is 0.358 e. The molecule has 34 heavy (non-hydrogen) atoms. The number of carbonyl (C=O) groups is 1. The fourth-order valence-corrected chi connectivity index (χ4v) is 3.88. The third-order valence-corrected chi connectivity index (χ3v) is 6.67. The molecule has 9 heteroatoms. The summed E-state index contributed by atoms with van der Waals surface area (Å²) in [7, 11) is -1.12. The largest absolute Gasteiger partial charge is 0.461 e. The molecule has 0 spiro atoms. The van der Waals surface area contributed by atoms with Gasteiger partial charge in [-0.3, -0.25) is 4.99 Å². The second-order valence-electron chi connectivity index (χ2n) is 8.96. The number of nitrogens with zero attached hydrogens (tertiary/aromatic N) is 3. The van der Waals surface area contributed by atoms with Gasteiger partial charge in [0.1, 0.15) is 23.9 Å². The van der Waals surface area contributed by atoms with Crippen molar-refractivity contribution in [3.05, 3.63) is 60.0 Å². The number of carbonyl (C=O) groups excluding carboxylic acids is 1. The molecule has 0 aliphatic heterocycles. The molecule has 3 rings (SSSR count). The third kappa shape index (κ3) is 7.36. The average molecular weight is 481 g/mol. The molecule has 0 aliphatic carbocycles. The number of hydrogen-bond donors (Lipinski definition) is 1. The van der Waals surface area contributed by atoms with Crippen molar-refractivity contribution in [1.82, 2.24) is 9.38 Å². The van der Waals surface area contributed by atoms with Crippen molar-refractivity contribution < 1.29 is 19.0 Å². The maximum atomic E-state index is 11.9. The molecule has 2 aromatic heterocycles. The fourth-order valence-electron chi connectivity index (χ4n) is 3.12. The van der Waals surface area contributed by atoms with Crippen molar-refractivity contribution in [3.63, 3.8) is 0 Å². The molecule has 8 nitrogen and oxygen atoms in total. The number of fused-ring (bicyclic) bond motifs is 1. The van der Waals surface area contributed by atoms with Crippen molar-refractivity contribution in [2.75, 3.05) is 19.9 Å². The fraction of sp³-hybridized carbons (Fsp3) is 0.360. The van der Waals surface area contributed by atoms with E-state index in [0.717, 1.165) is 17.3 Å². The number of imidazole rings is 1. The van der Waals surface area contributed by atoms with Crippen LogP contribution in [0.2, 0.25) is 25.7 Å². The normalized spacial score (nSPS) is 12.1. The van der Waals surface area contributed by atoms with Crippen LogP contribution in [-0.2, 0) is 9.47 Å². The minimum Gasteiger partial charge on any atom is -0.461 e. The lowest BCUT2D eigenvalue weighted by Crippen LogP contribution is -2.21.